The van der Waals surface area contributed by atoms with Gasteiger partial charge in [-0.1, -0.05) is 12.0 Å². The lowest BCUT2D eigenvalue weighted by Crippen LogP contribution is -2.27. The summed E-state index contributed by atoms with van der Waals surface area (Å²) in [6.45, 7) is 2.26. The van der Waals surface area contributed by atoms with Crippen molar-refractivity contribution in [2.45, 2.75) is 18.4 Å². The van der Waals surface area contributed by atoms with Gasteiger partial charge in [-0.25, -0.2) is 8.42 Å². The predicted octanol–water partition coefficient (Wildman–Crippen LogP) is 0.707. The highest BCUT2D eigenvalue weighted by Crippen LogP contribution is 2.18. The molecule has 0 fully saturated rings. The summed E-state index contributed by atoms with van der Waals surface area (Å²) in [7, 11) is -2.06. The molecule has 0 unspecified atom stereocenters. The van der Waals surface area contributed by atoms with Crippen molar-refractivity contribution in [2.75, 3.05) is 13.6 Å². The van der Waals surface area contributed by atoms with Gasteiger partial charge in [0.05, 0.1) is 11.4 Å². The summed E-state index contributed by atoms with van der Waals surface area (Å²) in [6.07, 6.45) is 5.11. The van der Waals surface area contributed by atoms with Crippen molar-refractivity contribution in [3.05, 3.63) is 29.3 Å². The molecule has 0 saturated carbocycles. The van der Waals surface area contributed by atoms with Crippen LogP contribution in [-0.2, 0) is 16.6 Å². The lowest BCUT2D eigenvalue weighted by atomic mass is 10.1. The van der Waals surface area contributed by atoms with E-state index in [1.165, 1.54) is 7.05 Å². The quantitative estimate of drug-likeness (QED) is 0.803. The Labute approximate surface area is 102 Å². The van der Waals surface area contributed by atoms with Crippen molar-refractivity contribution < 1.29 is 8.42 Å². The lowest BCUT2D eigenvalue weighted by Gasteiger charge is -2.15. The van der Waals surface area contributed by atoms with Crippen LogP contribution in [0.1, 0.15) is 11.1 Å². The molecule has 0 atom stereocenters. The van der Waals surface area contributed by atoms with Gasteiger partial charge in [0.25, 0.3) is 0 Å². The average Bonchev–Trinajstić information content (AvgIpc) is 2.29. The zero-order valence-electron chi connectivity index (χ0n) is 9.97. The molecule has 0 aliphatic carbocycles. The molecule has 4 nitrogen and oxygen atoms in total. The maximum absolute atomic E-state index is 12.1. The number of sulfonamides is 1. The van der Waals surface area contributed by atoms with E-state index < -0.39 is 10.0 Å². The highest BCUT2D eigenvalue weighted by molar-refractivity contribution is 7.89. The molecule has 0 heterocycles. The smallest absolute Gasteiger partial charge is 0.243 e. The normalized spacial score (nSPS) is 11.5. The summed E-state index contributed by atoms with van der Waals surface area (Å²) in [5, 5.41) is 0. The number of hydrogen-bond acceptors (Lipinski definition) is 3. The SMILES string of the molecule is C#CCN(C)S(=O)(=O)c1ccc(C)c(CN)c1. The van der Waals surface area contributed by atoms with Gasteiger partial charge in [-0.05, 0) is 30.2 Å². The van der Waals surface area contributed by atoms with Gasteiger partial charge in [0.15, 0.2) is 0 Å². The minimum atomic E-state index is -3.52. The Kier molecular flexibility index (Phi) is 4.29. The van der Waals surface area contributed by atoms with Crippen LogP contribution in [0, 0.1) is 19.3 Å². The maximum Gasteiger partial charge on any atom is 0.243 e. The Bertz CT molecular complexity index is 544. The molecule has 0 radical (unpaired) electrons. The number of nitrogens with two attached hydrogens (primary N) is 1. The second-order valence-corrected chi connectivity index (χ2v) is 5.80. The van der Waals surface area contributed by atoms with Gasteiger partial charge in [-0.15, -0.1) is 6.42 Å². The highest BCUT2D eigenvalue weighted by atomic mass is 32.2. The molecule has 1 aromatic rings. The molecule has 17 heavy (non-hydrogen) atoms. The first-order chi connectivity index (χ1) is 7.93. The van der Waals surface area contributed by atoms with E-state index in [-0.39, 0.29) is 11.4 Å². The van der Waals surface area contributed by atoms with Crippen LogP contribution in [0.25, 0.3) is 0 Å². The Morgan fingerprint density at radius 2 is 2.12 bits per heavy atom. The van der Waals surface area contributed by atoms with Crippen molar-refractivity contribution in [1.29, 1.82) is 0 Å². The van der Waals surface area contributed by atoms with E-state index in [1.807, 2.05) is 6.92 Å². The standard InChI is InChI=1S/C12H16N2O2S/c1-4-7-14(3)17(15,16)12-6-5-10(2)11(8-12)9-13/h1,5-6,8H,7,9,13H2,2-3H3. The molecule has 0 saturated heterocycles. The number of hydrogen-bond donors (Lipinski definition) is 1. The van der Waals surface area contributed by atoms with Crippen LogP contribution >= 0.6 is 0 Å². The van der Waals surface area contributed by atoms with Crippen LogP contribution in [0.5, 0.6) is 0 Å². The van der Waals surface area contributed by atoms with Crippen molar-refractivity contribution in [3.8, 4) is 12.3 Å². The largest absolute Gasteiger partial charge is 0.326 e. The summed E-state index contributed by atoms with van der Waals surface area (Å²) in [5.74, 6) is 2.31. The summed E-state index contributed by atoms with van der Waals surface area (Å²) >= 11 is 0. The fourth-order valence-electron chi connectivity index (χ4n) is 1.42. The second-order valence-electron chi connectivity index (χ2n) is 3.76. The molecular weight excluding hydrogens is 236 g/mol. The van der Waals surface area contributed by atoms with E-state index in [2.05, 4.69) is 5.92 Å². The van der Waals surface area contributed by atoms with Crippen molar-refractivity contribution in [3.63, 3.8) is 0 Å². The summed E-state index contributed by atoms with van der Waals surface area (Å²) in [5.41, 5.74) is 7.35. The predicted molar refractivity (Wildman–Crippen MR) is 67.7 cm³/mol. The Morgan fingerprint density at radius 1 is 1.47 bits per heavy atom. The molecule has 92 valence electrons. The molecule has 5 heteroatoms. The van der Waals surface area contributed by atoms with E-state index in [4.69, 9.17) is 12.2 Å². The van der Waals surface area contributed by atoms with Gasteiger partial charge >= 0.3 is 0 Å². The molecule has 1 aromatic carbocycles. The van der Waals surface area contributed by atoms with Crippen LogP contribution in [0.15, 0.2) is 23.1 Å². The third kappa shape index (κ3) is 2.86. The maximum atomic E-state index is 12.1. The van der Waals surface area contributed by atoms with Crippen molar-refractivity contribution in [1.82, 2.24) is 4.31 Å². The van der Waals surface area contributed by atoms with Gasteiger partial charge in [0, 0.05) is 13.6 Å². The van der Waals surface area contributed by atoms with Crippen molar-refractivity contribution >= 4 is 10.0 Å². The first kappa shape index (κ1) is 13.7. The minimum Gasteiger partial charge on any atom is -0.326 e. The molecule has 0 aliphatic rings. The lowest BCUT2D eigenvalue weighted by molar-refractivity contribution is 0.503. The van der Waals surface area contributed by atoms with E-state index in [0.717, 1.165) is 15.4 Å². The van der Waals surface area contributed by atoms with Gasteiger partial charge in [-0.2, -0.15) is 4.31 Å². The third-order valence-electron chi connectivity index (χ3n) is 2.56. The molecular formula is C12H16N2O2S. The fourth-order valence-corrected chi connectivity index (χ4v) is 2.56. The molecule has 0 amide bonds. The molecule has 0 aliphatic heterocycles. The van der Waals surface area contributed by atoms with Crippen LogP contribution < -0.4 is 5.73 Å². The number of nitrogens with zero attached hydrogens (tertiary/aromatic N) is 1. The number of benzene rings is 1. The monoisotopic (exact) mass is 252 g/mol. The van der Waals surface area contributed by atoms with Gasteiger partial charge in [0.2, 0.25) is 10.0 Å². The first-order valence-electron chi connectivity index (χ1n) is 5.13. The number of rotatable bonds is 4. The topological polar surface area (TPSA) is 63.4 Å². The molecule has 0 bridgehead atoms. The van der Waals surface area contributed by atoms with Crippen LogP contribution in [0.2, 0.25) is 0 Å². The van der Waals surface area contributed by atoms with E-state index >= 15 is 0 Å². The molecule has 2 N–H and O–H groups in total. The van der Waals surface area contributed by atoms with Gasteiger partial charge < -0.3 is 5.73 Å². The average molecular weight is 252 g/mol. The fraction of sp³-hybridized carbons (Fsp3) is 0.333. The van der Waals surface area contributed by atoms with Crippen molar-refractivity contribution in [2.24, 2.45) is 5.73 Å². The van der Waals surface area contributed by atoms with E-state index in [1.54, 1.807) is 18.2 Å². The number of terminal acetylenes is 1. The molecule has 0 aromatic heterocycles. The third-order valence-corrected chi connectivity index (χ3v) is 4.36. The van der Waals surface area contributed by atoms with Gasteiger partial charge in [0.1, 0.15) is 0 Å². The molecule has 1 rings (SSSR count). The van der Waals surface area contributed by atoms with Crippen LogP contribution in [0.3, 0.4) is 0 Å². The minimum absolute atomic E-state index is 0.0498. The summed E-state index contributed by atoms with van der Waals surface area (Å²) < 4.78 is 25.3. The van der Waals surface area contributed by atoms with Crippen LogP contribution in [0.4, 0.5) is 0 Å². The Balaban J connectivity index is 3.21. The van der Waals surface area contributed by atoms with E-state index in [0.29, 0.717) is 6.54 Å². The van der Waals surface area contributed by atoms with Gasteiger partial charge in [-0.3, -0.25) is 0 Å². The van der Waals surface area contributed by atoms with E-state index in [9.17, 15) is 8.42 Å². The summed E-state index contributed by atoms with van der Waals surface area (Å²) in [4.78, 5) is 0.223. The number of aryl methyl sites for hydroxylation is 1. The second kappa shape index (κ2) is 5.32. The zero-order chi connectivity index (χ0) is 13.1. The summed E-state index contributed by atoms with van der Waals surface area (Å²) in [6, 6.07) is 4.91. The highest BCUT2D eigenvalue weighted by Gasteiger charge is 2.20. The Morgan fingerprint density at radius 3 is 2.65 bits per heavy atom. The zero-order valence-corrected chi connectivity index (χ0v) is 10.8. The van der Waals surface area contributed by atoms with Crippen LogP contribution in [-0.4, -0.2) is 26.3 Å². The first-order valence-corrected chi connectivity index (χ1v) is 6.57. The Hall–Kier alpha value is -1.35. The molecule has 0 spiro atoms.